The normalized spacial score (nSPS) is 12.5. The first kappa shape index (κ1) is 10.5. The first-order valence-corrected chi connectivity index (χ1v) is 5.06. The third-order valence-corrected chi connectivity index (χ3v) is 2.19. The highest BCUT2D eigenvalue weighted by Crippen LogP contribution is 2.24. The maximum Gasteiger partial charge on any atom is 0.197 e. The molecule has 1 aromatic carbocycles. The first-order chi connectivity index (χ1) is 6.24. The fraction of sp³-hybridized carbons (Fsp3) is 0.400. The highest BCUT2D eigenvalue weighted by atomic mass is 79.9. The Bertz CT molecular complexity index is 263. The van der Waals surface area contributed by atoms with Crippen molar-refractivity contribution >= 4 is 15.9 Å². The molecule has 0 aliphatic carbocycles. The van der Waals surface area contributed by atoms with Gasteiger partial charge in [-0.15, -0.1) is 0 Å². The minimum Gasteiger partial charge on any atom is -0.464 e. The maximum atomic E-state index is 5.52. The highest BCUT2D eigenvalue weighted by molar-refractivity contribution is 9.10. The summed E-state index contributed by atoms with van der Waals surface area (Å²) in [5.41, 5.74) is 0. The Morgan fingerprint density at radius 3 is 2.69 bits per heavy atom. The molecule has 0 aliphatic heterocycles. The lowest BCUT2D eigenvalue weighted by Crippen LogP contribution is -2.16. The van der Waals surface area contributed by atoms with Crippen molar-refractivity contribution in [3.63, 3.8) is 0 Å². The van der Waals surface area contributed by atoms with Crippen molar-refractivity contribution in [2.75, 3.05) is 6.61 Å². The van der Waals surface area contributed by atoms with E-state index in [4.69, 9.17) is 9.47 Å². The van der Waals surface area contributed by atoms with E-state index in [1.165, 1.54) is 0 Å². The van der Waals surface area contributed by atoms with E-state index in [0.717, 1.165) is 10.2 Å². The summed E-state index contributed by atoms with van der Waals surface area (Å²) in [6, 6.07) is 7.72. The second-order valence-corrected chi connectivity index (χ2v) is 3.43. The van der Waals surface area contributed by atoms with Gasteiger partial charge >= 0.3 is 0 Å². The molecule has 0 heterocycles. The van der Waals surface area contributed by atoms with Crippen molar-refractivity contribution in [2.45, 2.75) is 20.1 Å². The summed E-state index contributed by atoms with van der Waals surface area (Å²) in [5, 5.41) is 0. The molecule has 0 saturated carbocycles. The van der Waals surface area contributed by atoms with Gasteiger partial charge < -0.3 is 9.47 Å². The molecule has 0 fully saturated rings. The van der Waals surface area contributed by atoms with Crippen LogP contribution in [0, 0.1) is 0 Å². The molecule has 1 aromatic rings. The van der Waals surface area contributed by atoms with E-state index in [2.05, 4.69) is 15.9 Å². The van der Waals surface area contributed by atoms with Crippen LogP contribution in [-0.4, -0.2) is 12.9 Å². The zero-order chi connectivity index (χ0) is 9.68. The van der Waals surface area contributed by atoms with Crippen molar-refractivity contribution in [3.8, 4) is 5.75 Å². The van der Waals surface area contributed by atoms with Crippen LogP contribution < -0.4 is 4.74 Å². The lowest BCUT2D eigenvalue weighted by atomic mass is 10.3. The van der Waals surface area contributed by atoms with E-state index in [9.17, 15) is 0 Å². The molecule has 0 radical (unpaired) electrons. The summed E-state index contributed by atoms with van der Waals surface area (Å²) < 4.78 is 11.7. The van der Waals surface area contributed by atoms with Gasteiger partial charge in [0.15, 0.2) is 6.29 Å². The number of para-hydroxylation sites is 1. The Balaban J connectivity index is 2.58. The van der Waals surface area contributed by atoms with Gasteiger partial charge in [0, 0.05) is 6.61 Å². The van der Waals surface area contributed by atoms with Gasteiger partial charge in [0.1, 0.15) is 5.75 Å². The summed E-state index contributed by atoms with van der Waals surface area (Å²) in [5.74, 6) is 0.809. The van der Waals surface area contributed by atoms with Crippen molar-refractivity contribution in [1.29, 1.82) is 0 Å². The first-order valence-electron chi connectivity index (χ1n) is 4.26. The largest absolute Gasteiger partial charge is 0.464 e. The van der Waals surface area contributed by atoms with Gasteiger partial charge in [-0.05, 0) is 41.9 Å². The molecular formula is C10H13BrO2. The molecule has 13 heavy (non-hydrogen) atoms. The molecule has 0 spiro atoms. The SMILES string of the molecule is CCOC(C)Oc1ccccc1Br. The minimum atomic E-state index is -0.205. The second-order valence-electron chi connectivity index (χ2n) is 2.57. The van der Waals surface area contributed by atoms with E-state index in [-0.39, 0.29) is 6.29 Å². The number of hydrogen-bond donors (Lipinski definition) is 0. The third kappa shape index (κ3) is 3.36. The van der Waals surface area contributed by atoms with Gasteiger partial charge in [0.2, 0.25) is 0 Å². The Morgan fingerprint density at radius 1 is 1.38 bits per heavy atom. The molecule has 1 unspecified atom stereocenters. The van der Waals surface area contributed by atoms with Crippen LogP contribution in [0.1, 0.15) is 13.8 Å². The van der Waals surface area contributed by atoms with E-state index < -0.39 is 0 Å². The van der Waals surface area contributed by atoms with E-state index in [0.29, 0.717) is 6.61 Å². The van der Waals surface area contributed by atoms with Gasteiger partial charge in [-0.3, -0.25) is 0 Å². The zero-order valence-corrected chi connectivity index (χ0v) is 9.37. The van der Waals surface area contributed by atoms with Crippen molar-refractivity contribution < 1.29 is 9.47 Å². The summed E-state index contributed by atoms with van der Waals surface area (Å²) in [7, 11) is 0. The van der Waals surface area contributed by atoms with Crippen molar-refractivity contribution in [3.05, 3.63) is 28.7 Å². The minimum absolute atomic E-state index is 0.205. The monoisotopic (exact) mass is 244 g/mol. The van der Waals surface area contributed by atoms with Crippen LogP contribution in [0.2, 0.25) is 0 Å². The molecule has 0 amide bonds. The Labute approximate surface area is 87.0 Å². The molecule has 0 bridgehead atoms. The molecule has 1 rings (SSSR count). The number of ether oxygens (including phenoxy) is 2. The second kappa shape index (κ2) is 5.25. The van der Waals surface area contributed by atoms with Crippen LogP contribution in [0.4, 0.5) is 0 Å². The Hall–Kier alpha value is -0.540. The number of hydrogen-bond acceptors (Lipinski definition) is 2. The summed E-state index contributed by atoms with van der Waals surface area (Å²) in [6.07, 6.45) is -0.205. The summed E-state index contributed by atoms with van der Waals surface area (Å²) >= 11 is 3.40. The molecule has 1 atom stereocenters. The Morgan fingerprint density at radius 2 is 2.08 bits per heavy atom. The van der Waals surface area contributed by atoms with E-state index in [1.807, 2.05) is 38.1 Å². The summed E-state index contributed by atoms with van der Waals surface area (Å²) in [6.45, 7) is 4.48. The number of rotatable bonds is 4. The molecule has 0 N–H and O–H groups in total. The topological polar surface area (TPSA) is 18.5 Å². The lowest BCUT2D eigenvalue weighted by Gasteiger charge is -2.14. The fourth-order valence-corrected chi connectivity index (χ4v) is 1.37. The number of halogens is 1. The predicted molar refractivity (Wildman–Crippen MR) is 55.9 cm³/mol. The average molecular weight is 245 g/mol. The van der Waals surface area contributed by atoms with Gasteiger partial charge in [-0.1, -0.05) is 12.1 Å². The van der Waals surface area contributed by atoms with Gasteiger partial charge in [0.05, 0.1) is 4.47 Å². The number of benzene rings is 1. The van der Waals surface area contributed by atoms with Gasteiger partial charge in [-0.2, -0.15) is 0 Å². The Kier molecular flexibility index (Phi) is 4.25. The van der Waals surface area contributed by atoms with Gasteiger partial charge in [0.25, 0.3) is 0 Å². The fourth-order valence-electron chi connectivity index (χ4n) is 0.988. The van der Waals surface area contributed by atoms with Crippen LogP contribution in [0.15, 0.2) is 28.7 Å². The van der Waals surface area contributed by atoms with Crippen molar-refractivity contribution in [2.24, 2.45) is 0 Å². The van der Waals surface area contributed by atoms with Crippen LogP contribution in [0.3, 0.4) is 0 Å². The summed E-state index contributed by atoms with van der Waals surface area (Å²) in [4.78, 5) is 0. The van der Waals surface area contributed by atoms with Crippen LogP contribution >= 0.6 is 15.9 Å². The zero-order valence-electron chi connectivity index (χ0n) is 7.79. The van der Waals surface area contributed by atoms with Crippen LogP contribution in [-0.2, 0) is 4.74 Å². The van der Waals surface area contributed by atoms with E-state index >= 15 is 0 Å². The van der Waals surface area contributed by atoms with Gasteiger partial charge in [-0.25, -0.2) is 0 Å². The lowest BCUT2D eigenvalue weighted by molar-refractivity contribution is -0.0617. The predicted octanol–water partition coefficient (Wildman–Crippen LogP) is 3.21. The average Bonchev–Trinajstić information content (AvgIpc) is 2.09. The molecule has 2 nitrogen and oxygen atoms in total. The molecule has 0 aliphatic rings. The van der Waals surface area contributed by atoms with Crippen LogP contribution in [0.5, 0.6) is 5.75 Å². The molecule has 0 saturated heterocycles. The third-order valence-electron chi connectivity index (χ3n) is 1.53. The van der Waals surface area contributed by atoms with Crippen LogP contribution in [0.25, 0.3) is 0 Å². The molecular weight excluding hydrogens is 232 g/mol. The molecule has 3 heteroatoms. The molecule has 0 aromatic heterocycles. The standard InChI is InChI=1S/C10H13BrO2/c1-3-12-8(2)13-10-7-5-4-6-9(10)11/h4-8H,3H2,1-2H3. The quantitative estimate of drug-likeness (QED) is 0.758. The smallest absolute Gasteiger partial charge is 0.197 e. The highest BCUT2D eigenvalue weighted by Gasteiger charge is 2.04. The van der Waals surface area contributed by atoms with E-state index in [1.54, 1.807) is 0 Å². The van der Waals surface area contributed by atoms with Crippen molar-refractivity contribution in [1.82, 2.24) is 0 Å². The molecule has 72 valence electrons. The maximum absolute atomic E-state index is 5.52.